The number of rotatable bonds is 3. The van der Waals surface area contributed by atoms with Crippen molar-refractivity contribution in [1.82, 2.24) is 19.3 Å². The number of nitrogens with zero attached hydrogens (tertiary/aromatic N) is 4. The number of furan rings is 1. The van der Waals surface area contributed by atoms with Gasteiger partial charge in [0, 0.05) is 55.3 Å². The van der Waals surface area contributed by atoms with Crippen LogP contribution in [0.1, 0.15) is 90.3 Å². The van der Waals surface area contributed by atoms with Crippen LogP contribution in [0.3, 0.4) is 0 Å². The van der Waals surface area contributed by atoms with Crippen molar-refractivity contribution in [2.45, 2.75) is 71.3 Å². The van der Waals surface area contributed by atoms with E-state index in [0.717, 1.165) is 42.8 Å². The van der Waals surface area contributed by atoms with Crippen molar-refractivity contribution in [2.24, 2.45) is 0 Å². The van der Waals surface area contributed by atoms with Crippen molar-refractivity contribution >= 4 is 23.2 Å². The van der Waals surface area contributed by atoms with Gasteiger partial charge in [0.25, 0.3) is 5.91 Å². The van der Waals surface area contributed by atoms with Crippen LogP contribution in [-0.4, -0.2) is 49.6 Å². The summed E-state index contributed by atoms with van der Waals surface area (Å²) in [6.45, 7) is 9.49. The molecule has 3 aromatic rings. The van der Waals surface area contributed by atoms with Crippen LogP contribution in [0.5, 0.6) is 0 Å². The van der Waals surface area contributed by atoms with Gasteiger partial charge in [-0.1, -0.05) is 0 Å². The van der Waals surface area contributed by atoms with Gasteiger partial charge in [0.1, 0.15) is 11.6 Å². The van der Waals surface area contributed by atoms with Crippen molar-refractivity contribution in [3.8, 4) is 0 Å². The third-order valence-corrected chi connectivity index (χ3v) is 6.62. The fourth-order valence-electron chi connectivity index (χ4n) is 5.04. The standard InChI is InChI=1S/C25H31N5O3/c1-15-20-17(31)6-5-7-18(20)33-22(15)24(32)29-11-8-16(9-12-29)21-23(28-25(2,3)4)30-13-10-26-14-19(30)27-21/h10,13-14,16,28H,5-9,11-12H2,1-4H3. The van der Waals surface area contributed by atoms with E-state index in [1.165, 1.54) is 0 Å². The molecule has 1 N–H and O–H groups in total. The Hall–Kier alpha value is -3.16. The van der Waals surface area contributed by atoms with Gasteiger partial charge in [-0.2, -0.15) is 0 Å². The first-order chi connectivity index (χ1) is 15.7. The van der Waals surface area contributed by atoms with E-state index in [0.29, 0.717) is 42.2 Å². The number of anilines is 1. The predicted octanol–water partition coefficient (Wildman–Crippen LogP) is 4.38. The first-order valence-corrected chi connectivity index (χ1v) is 11.8. The van der Waals surface area contributed by atoms with E-state index in [1.807, 2.05) is 18.0 Å². The van der Waals surface area contributed by atoms with E-state index in [-0.39, 0.29) is 23.1 Å². The van der Waals surface area contributed by atoms with Gasteiger partial charge in [0.2, 0.25) is 0 Å². The maximum atomic E-state index is 13.3. The minimum absolute atomic E-state index is 0.0930. The summed E-state index contributed by atoms with van der Waals surface area (Å²) in [7, 11) is 0. The number of carbonyl (C=O) groups is 2. The molecule has 33 heavy (non-hydrogen) atoms. The summed E-state index contributed by atoms with van der Waals surface area (Å²) in [4.78, 5) is 36.6. The van der Waals surface area contributed by atoms with Crippen molar-refractivity contribution < 1.29 is 14.0 Å². The molecule has 174 valence electrons. The minimum Gasteiger partial charge on any atom is -0.455 e. The molecule has 0 radical (unpaired) electrons. The molecule has 0 bridgehead atoms. The molecule has 0 spiro atoms. The van der Waals surface area contributed by atoms with Crippen LogP contribution in [0.25, 0.3) is 5.65 Å². The topological polar surface area (TPSA) is 92.7 Å². The van der Waals surface area contributed by atoms with E-state index in [1.54, 1.807) is 12.4 Å². The Morgan fingerprint density at radius 1 is 1.21 bits per heavy atom. The maximum Gasteiger partial charge on any atom is 0.289 e. The van der Waals surface area contributed by atoms with Gasteiger partial charge >= 0.3 is 0 Å². The van der Waals surface area contributed by atoms with E-state index in [2.05, 4.69) is 35.5 Å². The van der Waals surface area contributed by atoms with E-state index in [4.69, 9.17) is 9.40 Å². The monoisotopic (exact) mass is 449 g/mol. The molecule has 0 aromatic carbocycles. The smallest absolute Gasteiger partial charge is 0.289 e. The normalized spacial score (nSPS) is 17.5. The molecule has 0 atom stereocenters. The molecule has 8 heteroatoms. The summed E-state index contributed by atoms with van der Waals surface area (Å²) in [6, 6.07) is 0. The van der Waals surface area contributed by atoms with E-state index < -0.39 is 0 Å². The highest BCUT2D eigenvalue weighted by Crippen LogP contribution is 2.36. The zero-order valence-corrected chi connectivity index (χ0v) is 19.8. The van der Waals surface area contributed by atoms with Crippen LogP contribution < -0.4 is 5.32 Å². The average Bonchev–Trinajstić information content (AvgIpc) is 3.31. The van der Waals surface area contributed by atoms with Crippen LogP contribution in [0.15, 0.2) is 23.0 Å². The van der Waals surface area contributed by atoms with Crippen LogP contribution >= 0.6 is 0 Å². The number of hydrogen-bond donors (Lipinski definition) is 1. The largest absolute Gasteiger partial charge is 0.455 e. The SMILES string of the molecule is Cc1c(C(=O)N2CCC(c3nc4cnccn4c3NC(C)(C)C)CC2)oc2c1C(=O)CCC2. The van der Waals surface area contributed by atoms with Gasteiger partial charge in [-0.15, -0.1) is 0 Å². The molecular weight excluding hydrogens is 418 g/mol. The number of imidazole rings is 1. The lowest BCUT2D eigenvalue weighted by Crippen LogP contribution is -2.38. The van der Waals surface area contributed by atoms with Crippen molar-refractivity contribution in [2.75, 3.05) is 18.4 Å². The van der Waals surface area contributed by atoms with E-state index >= 15 is 0 Å². The number of amides is 1. The molecule has 1 aliphatic heterocycles. The summed E-state index contributed by atoms with van der Waals surface area (Å²) in [5, 5.41) is 3.61. The summed E-state index contributed by atoms with van der Waals surface area (Å²) in [6.07, 6.45) is 9.16. The summed E-state index contributed by atoms with van der Waals surface area (Å²) in [5.74, 6) is 2.24. The average molecular weight is 450 g/mol. The molecule has 1 amide bonds. The third kappa shape index (κ3) is 3.92. The molecule has 2 aliphatic rings. The van der Waals surface area contributed by atoms with Gasteiger partial charge < -0.3 is 14.6 Å². The number of nitrogens with one attached hydrogen (secondary N) is 1. The fraction of sp³-hybridized carbons (Fsp3) is 0.520. The highest BCUT2D eigenvalue weighted by atomic mass is 16.4. The molecular formula is C25H31N5O3. The number of likely N-dealkylation sites (tertiary alicyclic amines) is 1. The molecule has 1 aliphatic carbocycles. The fourth-order valence-corrected chi connectivity index (χ4v) is 5.04. The molecule has 0 unspecified atom stereocenters. The van der Waals surface area contributed by atoms with Crippen LogP contribution in [-0.2, 0) is 6.42 Å². The Morgan fingerprint density at radius 3 is 2.67 bits per heavy atom. The number of piperidine rings is 1. The van der Waals surface area contributed by atoms with Gasteiger partial charge in [0.05, 0.1) is 17.5 Å². The molecule has 5 rings (SSSR count). The molecule has 1 saturated heterocycles. The summed E-state index contributed by atoms with van der Waals surface area (Å²) < 4.78 is 7.96. The van der Waals surface area contributed by atoms with Gasteiger partial charge in [0.15, 0.2) is 17.2 Å². The van der Waals surface area contributed by atoms with E-state index in [9.17, 15) is 9.59 Å². The number of fused-ring (bicyclic) bond motifs is 2. The number of aryl methyl sites for hydroxylation is 1. The van der Waals surface area contributed by atoms with Crippen LogP contribution in [0, 0.1) is 6.92 Å². The van der Waals surface area contributed by atoms with Crippen molar-refractivity contribution in [1.29, 1.82) is 0 Å². The molecule has 4 heterocycles. The zero-order valence-electron chi connectivity index (χ0n) is 19.8. The number of hydrogen-bond acceptors (Lipinski definition) is 6. The second-order valence-electron chi connectivity index (χ2n) is 10.2. The van der Waals surface area contributed by atoms with Crippen molar-refractivity contribution in [3.63, 3.8) is 0 Å². The van der Waals surface area contributed by atoms with Gasteiger partial charge in [-0.25, -0.2) is 4.98 Å². The van der Waals surface area contributed by atoms with Crippen molar-refractivity contribution in [3.05, 3.63) is 46.9 Å². The number of aromatic nitrogens is 3. The number of Topliss-reactive ketones (excluding diaryl/α,β-unsaturated/α-hetero) is 1. The lowest BCUT2D eigenvalue weighted by atomic mass is 9.92. The maximum absolute atomic E-state index is 13.3. The summed E-state index contributed by atoms with van der Waals surface area (Å²) >= 11 is 0. The number of carbonyl (C=O) groups excluding carboxylic acids is 2. The van der Waals surface area contributed by atoms with Crippen LogP contribution in [0.2, 0.25) is 0 Å². The number of ketones is 1. The zero-order chi connectivity index (χ0) is 23.3. The lowest BCUT2D eigenvalue weighted by Gasteiger charge is -2.32. The molecule has 8 nitrogen and oxygen atoms in total. The third-order valence-electron chi connectivity index (χ3n) is 6.62. The Labute approximate surface area is 193 Å². The Kier molecular flexibility index (Phi) is 5.26. The first-order valence-electron chi connectivity index (χ1n) is 11.8. The van der Waals surface area contributed by atoms with Crippen LogP contribution in [0.4, 0.5) is 5.82 Å². The highest BCUT2D eigenvalue weighted by Gasteiger charge is 2.34. The summed E-state index contributed by atoms with van der Waals surface area (Å²) in [5.41, 5.74) is 3.07. The van der Waals surface area contributed by atoms with Gasteiger partial charge in [-0.05, 0) is 47.0 Å². The molecule has 1 fully saturated rings. The minimum atomic E-state index is -0.113. The Balaban J connectivity index is 1.36. The Bertz CT molecular complexity index is 1220. The second kappa shape index (κ2) is 8.01. The second-order valence-corrected chi connectivity index (χ2v) is 10.2. The molecule has 0 saturated carbocycles. The first kappa shape index (κ1) is 21.7. The molecule has 3 aromatic heterocycles. The van der Waals surface area contributed by atoms with Gasteiger partial charge in [-0.3, -0.25) is 19.0 Å². The Morgan fingerprint density at radius 2 is 1.97 bits per heavy atom. The predicted molar refractivity (Wildman–Crippen MR) is 125 cm³/mol. The lowest BCUT2D eigenvalue weighted by molar-refractivity contribution is 0.0676. The highest BCUT2D eigenvalue weighted by molar-refractivity contribution is 6.03. The quantitative estimate of drug-likeness (QED) is 0.638.